The molecule has 1 unspecified atom stereocenters. The predicted octanol–water partition coefficient (Wildman–Crippen LogP) is 6.24. The second-order valence-electron chi connectivity index (χ2n) is 8.32. The molecule has 0 fully saturated rings. The highest BCUT2D eigenvalue weighted by atomic mass is 16.6. The van der Waals surface area contributed by atoms with E-state index in [0.717, 1.165) is 22.5 Å². The summed E-state index contributed by atoms with van der Waals surface area (Å²) in [6.07, 6.45) is 0. The van der Waals surface area contributed by atoms with Crippen LogP contribution in [-0.4, -0.2) is 20.2 Å². The summed E-state index contributed by atoms with van der Waals surface area (Å²) >= 11 is 0. The Morgan fingerprint density at radius 1 is 0.714 bits per heavy atom. The largest absolute Gasteiger partial charge is 0.495 e. The van der Waals surface area contributed by atoms with Crippen molar-refractivity contribution in [1.82, 2.24) is 0 Å². The van der Waals surface area contributed by atoms with Crippen LogP contribution in [-0.2, 0) is 10.5 Å². The Balaban J connectivity index is 1.73. The second-order valence-corrected chi connectivity index (χ2v) is 8.32. The van der Waals surface area contributed by atoms with E-state index in [4.69, 9.17) is 14.2 Å². The Hall–Kier alpha value is -4.45. The van der Waals surface area contributed by atoms with Crippen LogP contribution in [0, 0.1) is 6.92 Å². The van der Waals surface area contributed by atoms with E-state index >= 15 is 0 Å². The number of ether oxygens (including phenoxy) is 3. The lowest BCUT2D eigenvalue weighted by Gasteiger charge is -2.33. The fourth-order valence-electron chi connectivity index (χ4n) is 4.43. The first kappa shape index (κ1) is 22.3. The van der Waals surface area contributed by atoms with E-state index in [1.165, 1.54) is 0 Å². The number of cyclic esters (lactones) is 1. The van der Waals surface area contributed by atoms with E-state index in [2.05, 4.69) is 10.6 Å². The average Bonchev–Trinajstić information content (AvgIpc) is 3.18. The van der Waals surface area contributed by atoms with Gasteiger partial charge in [-0.05, 0) is 43.3 Å². The lowest BCUT2D eigenvalue weighted by Crippen LogP contribution is -2.37. The number of para-hydroxylation sites is 4. The van der Waals surface area contributed by atoms with Gasteiger partial charge in [-0.2, -0.15) is 0 Å². The van der Waals surface area contributed by atoms with Crippen molar-refractivity contribution in [2.45, 2.75) is 12.6 Å². The summed E-state index contributed by atoms with van der Waals surface area (Å²) in [4.78, 5) is 13.2. The van der Waals surface area contributed by atoms with Crippen LogP contribution in [0.4, 0.5) is 17.1 Å². The van der Waals surface area contributed by atoms with Crippen LogP contribution in [0.3, 0.4) is 0 Å². The Bertz CT molecular complexity index is 1380. The normalized spacial score (nSPS) is 16.3. The maximum absolute atomic E-state index is 13.2. The third-order valence-electron chi connectivity index (χ3n) is 6.13. The van der Waals surface area contributed by atoms with Gasteiger partial charge in [-0.1, -0.05) is 60.2 Å². The van der Waals surface area contributed by atoms with Gasteiger partial charge in [0, 0.05) is 11.3 Å². The predicted molar refractivity (Wildman–Crippen MR) is 137 cm³/mol. The van der Waals surface area contributed by atoms with Crippen LogP contribution >= 0.6 is 0 Å². The molecule has 1 aliphatic heterocycles. The molecule has 0 aliphatic carbocycles. The van der Waals surface area contributed by atoms with Gasteiger partial charge >= 0.3 is 5.97 Å². The zero-order valence-corrected chi connectivity index (χ0v) is 19.8. The molecular weight excluding hydrogens is 440 g/mol. The number of methoxy groups -OCH3 is 2. The van der Waals surface area contributed by atoms with Crippen LogP contribution < -0.4 is 20.1 Å². The summed E-state index contributed by atoms with van der Waals surface area (Å²) in [5.74, 6) is 0.916. The van der Waals surface area contributed by atoms with Gasteiger partial charge in [0.05, 0.1) is 36.7 Å². The van der Waals surface area contributed by atoms with Gasteiger partial charge < -0.3 is 24.8 Å². The van der Waals surface area contributed by atoms with Gasteiger partial charge in [-0.3, -0.25) is 0 Å². The molecule has 0 aromatic heterocycles. The first-order chi connectivity index (χ1) is 17.1. The van der Waals surface area contributed by atoms with E-state index in [0.29, 0.717) is 28.3 Å². The fraction of sp³-hybridized carbons (Fsp3) is 0.138. The average molecular weight is 467 g/mol. The lowest BCUT2D eigenvalue weighted by molar-refractivity contribution is 0.0213. The molecule has 6 heteroatoms. The molecule has 6 nitrogen and oxygen atoms in total. The Morgan fingerprint density at radius 3 is 2.00 bits per heavy atom. The summed E-state index contributed by atoms with van der Waals surface area (Å²) in [5.41, 5.74) is 3.96. The van der Waals surface area contributed by atoms with Crippen LogP contribution in [0.5, 0.6) is 11.5 Å². The Morgan fingerprint density at radius 2 is 1.31 bits per heavy atom. The molecule has 4 aromatic carbocycles. The highest BCUT2D eigenvalue weighted by molar-refractivity contribution is 5.99. The summed E-state index contributed by atoms with van der Waals surface area (Å²) in [6.45, 7) is 2.02. The van der Waals surface area contributed by atoms with Gasteiger partial charge in [0.2, 0.25) is 5.72 Å². The topological polar surface area (TPSA) is 68.8 Å². The lowest BCUT2D eigenvalue weighted by atomic mass is 9.90. The van der Waals surface area contributed by atoms with Gasteiger partial charge in [-0.25, -0.2) is 4.79 Å². The summed E-state index contributed by atoms with van der Waals surface area (Å²) in [5, 5.41) is 6.98. The van der Waals surface area contributed by atoms with Gasteiger partial charge in [-0.15, -0.1) is 0 Å². The van der Waals surface area contributed by atoms with Gasteiger partial charge in [0.15, 0.2) is 0 Å². The zero-order chi connectivity index (χ0) is 24.4. The molecule has 5 rings (SSSR count). The Labute approximate surface area is 204 Å². The minimum absolute atomic E-state index is 0.411. The van der Waals surface area contributed by atoms with Crippen molar-refractivity contribution in [2.24, 2.45) is 0 Å². The molecule has 1 heterocycles. The van der Waals surface area contributed by atoms with Crippen molar-refractivity contribution in [3.05, 3.63) is 113 Å². The fourth-order valence-corrected chi connectivity index (χ4v) is 4.43. The molecule has 0 spiro atoms. The molecule has 1 atom stereocenters. The second kappa shape index (κ2) is 9.06. The van der Waals surface area contributed by atoms with Crippen molar-refractivity contribution in [3.63, 3.8) is 0 Å². The molecule has 176 valence electrons. The van der Waals surface area contributed by atoms with Gasteiger partial charge in [0.1, 0.15) is 11.5 Å². The highest BCUT2D eigenvalue weighted by Crippen LogP contribution is 2.48. The first-order valence-electron chi connectivity index (χ1n) is 11.3. The number of hydrogen-bond acceptors (Lipinski definition) is 6. The van der Waals surface area contributed by atoms with Crippen molar-refractivity contribution < 1.29 is 19.0 Å². The highest BCUT2D eigenvalue weighted by Gasteiger charge is 2.49. The van der Waals surface area contributed by atoms with Crippen LogP contribution in [0.1, 0.15) is 27.0 Å². The molecule has 2 N–H and O–H groups in total. The molecular formula is C29H26N2O4. The van der Waals surface area contributed by atoms with Crippen LogP contribution in [0.15, 0.2) is 91.0 Å². The molecule has 0 saturated carbocycles. The number of nitrogens with one attached hydrogen (secondary N) is 2. The Kier molecular flexibility index (Phi) is 5.79. The van der Waals surface area contributed by atoms with Crippen molar-refractivity contribution in [2.75, 3.05) is 24.9 Å². The number of rotatable bonds is 7. The van der Waals surface area contributed by atoms with E-state index in [1.807, 2.05) is 91.9 Å². The number of fused-ring (bicyclic) bond motifs is 1. The van der Waals surface area contributed by atoms with E-state index in [9.17, 15) is 4.79 Å². The number of benzene rings is 4. The van der Waals surface area contributed by atoms with Gasteiger partial charge in [0.25, 0.3) is 0 Å². The number of aryl methyl sites for hydroxylation is 1. The number of esters is 1. The number of anilines is 3. The van der Waals surface area contributed by atoms with Crippen molar-refractivity contribution in [1.29, 1.82) is 0 Å². The quantitative estimate of drug-likeness (QED) is 0.314. The molecule has 0 amide bonds. The SMILES string of the molecule is COc1ccccc1Nc1cccc2c1C(Nc1ccccc1OC)(c1ccc(C)cc1)OC2=O. The number of hydrogen-bond donors (Lipinski definition) is 2. The smallest absolute Gasteiger partial charge is 0.341 e. The first-order valence-corrected chi connectivity index (χ1v) is 11.3. The summed E-state index contributed by atoms with van der Waals surface area (Å²) in [7, 11) is 3.24. The monoisotopic (exact) mass is 466 g/mol. The summed E-state index contributed by atoms with van der Waals surface area (Å²) < 4.78 is 17.3. The maximum atomic E-state index is 13.2. The molecule has 35 heavy (non-hydrogen) atoms. The zero-order valence-electron chi connectivity index (χ0n) is 19.8. The van der Waals surface area contributed by atoms with Crippen molar-refractivity contribution >= 4 is 23.0 Å². The van der Waals surface area contributed by atoms with Crippen LogP contribution in [0.25, 0.3) is 0 Å². The third-order valence-corrected chi connectivity index (χ3v) is 6.13. The molecule has 1 aliphatic rings. The minimum atomic E-state index is -1.29. The molecule has 0 saturated heterocycles. The van der Waals surface area contributed by atoms with E-state index < -0.39 is 11.7 Å². The van der Waals surface area contributed by atoms with E-state index in [1.54, 1.807) is 20.3 Å². The molecule has 0 radical (unpaired) electrons. The van der Waals surface area contributed by atoms with E-state index in [-0.39, 0.29) is 0 Å². The van der Waals surface area contributed by atoms with Crippen molar-refractivity contribution in [3.8, 4) is 11.5 Å². The molecule has 0 bridgehead atoms. The minimum Gasteiger partial charge on any atom is -0.495 e. The third kappa shape index (κ3) is 3.93. The number of carbonyl (C=O) groups is 1. The number of carbonyl (C=O) groups excluding carboxylic acids is 1. The maximum Gasteiger partial charge on any atom is 0.341 e. The summed E-state index contributed by atoms with van der Waals surface area (Å²) in [6, 6.07) is 28.7. The standard InChI is InChI=1S/C29H26N2O4/c1-19-15-17-20(18-16-19)29(31-23-11-5-7-14-26(23)34-3)27-21(28(32)35-29)9-8-12-24(27)30-22-10-4-6-13-25(22)33-2/h4-18,30-31H,1-3H3. The van der Waals surface area contributed by atoms with Crippen LogP contribution in [0.2, 0.25) is 0 Å². The molecule has 4 aromatic rings.